The van der Waals surface area contributed by atoms with E-state index in [1.807, 2.05) is 0 Å². The number of cyclic esters (lactones) is 1. The number of hydrogen-bond acceptors (Lipinski definition) is 24. The molecule has 0 aromatic heterocycles. The first-order chi connectivity index (χ1) is 43.4. The Hall–Kier alpha value is -9.80. The van der Waals surface area contributed by atoms with Crippen molar-refractivity contribution >= 4 is 113 Å². The van der Waals surface area contributed by atoms with Gasteiger partial charge >= 0.3 is 17.9 Å². The molecule has 1 fully saturated rings. The van der Waals surface area contributed by atoms with Gasteiger partial charge in [-0.3, -0.25) is 81.5 Å². The fourth-order valence-corrected chi connectivity index (χ4v) is 9.15. The standard InChI is InChI=1S/C57H81N11O24/c1-6-8-12-37-43(74)16-32(24-90-26-70)53(85)63-29(4)51(83)67-40(25-91-27-71)55(87)61-21-47(78)65-39(23-69)44(75)18-34(28(3)14-48(79)80)54(86)66-38(20-41(72)33-11-9-10-13-36(33)60-7-2)57(89)92-30(5)50(56(88)62-22-46(77)64-37)68-52(84)31(17-49(81)82)15-42(73)35(58)19-45(59)76/h9-11,13,26-32,34-35,37-40,50,60,69H,6-8,12,14-25,58H2,1-5H3,(H2,59,76)(H,61,87)(H,62,88)(H,63,85)(H,64,77)(H,65,78)(H,66,86)(H,67,83)(H,68,84)(H,79,80)(H,81,82)/t28-,29-,30-,31+,32+,34+,35-,37+,38+,39-,40+,50+/m1/s1. The number of hydrogen-bond donors (Lipinski definition) is 14. The summed E-state index contributed by atoms with van der Waals surface area (Å²) < 4.78 is 15.1. The normalized spacial score (nSPS) is 23.4. The Labute approximate surface area is 526 Å². The van der Waals surface area contributed by atoms with Crippen LogP contribution in [0.15, 0.2) is 24.3 Å². The molecular weight excluding hydrogens is 1220 g/mol. The van der Waals surface area contributed by atoms with Gasteiger partial charge in [-0.25, -0.2) is 4.79 Å². The van der Waals surface area contributed by atoms with Gasteiger partial charge in [-0.15, -0.1) is 0 Å². The average molecular weight is 1300 g/mol. The van der Waals surface area contributed by atoms with Crippen LogP contribution >= 0.6 is 0 Å². The Bertz CT molecular complexity index is 2870. The fourth-order valence-electron chi connectivity index (χ4n) is 9.15. The summed E-state index contributed by atoms with van der Waals surface area (Å²) in [4.78, 5) is 239. The minimum atomic E-state index is -2.22. The summed E-state index contributed by atoms with van der Waals surface area (Å²) in [5.41, 5.74) is 11.1. The Balaban J connectivity index is 2.96. The Morgan fingerprint density at radius 2 is 1.29 bits per heavy atom. The second kappa shape index (κ2) is 40.0. The summed E-state index contributed by atoms with van der Waals surface area (Å²) in [5.74, 6) is -26.0. The fraction of sp³-hybridized carbons (Fsp3) is 0.579. The number of ketones is 4. The Morgan fingerprint density at radius 3 is 1.88 bits per heavy atom. The van der Waals surface area contributed by atoms with Crippen molar-refractivity contribution in [2.24, 2.45) is 35.1 Å². The lowest BCUT2D eigenvalue weighted by atomic mass is 9.84. The van der Waals surface area contributed by atoms with E-state index in [-0.39, 0.29) is 43.6 Å². The molecule has 1 aliphatic rings. The molecule has 2 rings (SSSR count). The van der Waals surface area contributed by atoms with Crippen LogP contribution in [0.2, 0.25) is 0 Å². The molecular formula is C57H81N11O24. The lowest BCUT2D eigenvalue weighted by Crippen LogP contribution is -2.57. The van der Waals surface area contributed by atoms with Gasteiger partial charge in [0.25, 0.3) is 12.9 Å². The van der Waals surface area contributed by atoms with Gasteiger partial charge in [0.05, 0.1) is 50.0 Å². The number of aliphatic hydroxyl groups excluding tert-OH is 1. The molecule has 0 bridgehead atoms. The number of ether oxygens (including phenoxy) is 3. The highest BCUT2D eigenvalue weighted by Gasteiger charge is 2.40. The highest BCUT2D eigenvalue weighted by molar-refractivity contribution is 6.05. The zero-order valence-corrected chi connectivity index (χ0v) is 51.3. The number of carboxylic acids is 2. The van der Waals surface area contributed by atoms with Gasteiger partial charge in [-0.05, 0) is 45.2 Å². The van der Waals surface area contributed by atoms with Crippen LogP contribution in [0.4, 0.5) is 5.69 Å². The minimum absolute atomic E-state index is 0.0470. The van der Waals surface area contributed by atoms with Crippen molar-refractivity contribution in [2.75, 3.05) is 44.8 Å². The van der Waals surface area contributed by atoms with Crippen molar-refractivity contribution in [2.45, 2.75) is 147 Å². The maximum atomic E-state index is 14.6. The van der Waals surface area contributed by atoms with Crippen molar-refractivity contribution in [3.8, 4) is 0 Å². The molecule has 92 heavy (non-hydrogen) atoms. The quantitative estimate of drug-likeness (QED) is 0.0169. The number of aliphatic hydroxyl groups is 1. The van der Waals surface area contributed by atoms with Crippen molar-refractivity contribution in [3.63, 3.8) is 0 Å². The van der Waals surface area contributed by atoms with Crippen LogP contribution in [0.3, 0.4) is 0 Å². The number of aliphatic carboxylic acids is 2. The van der Waals surface area contributed by atoms with Crippen LogP contribution in [-0.4, -0.2) is 210 Å². The van der Waals surface area contributed by atoms with E-state index in [2.05, 4.69) is 52.6 Å². The number of unbranched alkanes of at least 4 members (excludes halogenated alkanes) is 1. The van der Waals surface area contributed by atoms with Crippen LogP contribution in [0.25, 0.3) is 0 Å². The molecule has 0 unspecified atom stereocenters. The van der Waals surface area contributed by atoms with E-state index in [1.165, 1.54) is 25.1 Å². The number of esters is 1. The first-order valence-electron chi connectivity index (χ1n) is 29.1. The molecule has 508 valence electrons. The van der Waals surface area contributed by atoms with Gasteiger partial charge in [0, 0.05) is 62.2 Å². The summed E-state index contributed by atoms with van der Waals surface area (Å²) in [6.45, 7) is 1.99. The number of carboxylic acid groups (broad SMARTS) is 2. The number of carbonyl (C=O) groups is 18. The predicted molar refractivity (Wildman–Crippen MR) is 314 cm³/mol. The summed E-state index contributed by atoms with van der Waals surface area (Å²) in [6.07, 6.45) is -7.82. The van der Waals surface area contributed by atoms with Gasteiger partial charge in [-0.1, -0.05) is 38.8 Å². The number of anilines is 1. The number of nitrogens with one attached hydrogen (secondary N) is 9. The molecule has 0 spiro atoms. The van der Waals surface area contributed by atoms with Crippen LogP contribution in [0, 0.1) is 23.7 Å². The van der Waals surface area contributed by atoms with Crippen LogP contribution < -0.4 is 59.3 Å². The molecule has 0 radical (unpaired) electrons. The lowest BCUT2D eigenvalue weighted by molar-refractivity contribution is -0.156. The molecule has 0 aliphatic carbocycles. The van der Waals surface area contributed by atoms with E-state index in [9.17, 15) is 102 Å². The summed E-state index contributed by atoms with van der Waals surface area (Å²) in [7, 11) is 0. The molecule has 35 heteroatoms. The van der Waals surface area contributed by atoms with E-state index >= 15 is 0 Å². The molecule has 1 aromatic carbocycles. The van der Waals surface area contributed by atoms with Crippen molar-refractivity contribution in [1.82, 2.24) is 42.5 Å². The monoisotopic (exact) mass is 1300 g/mol. The number of nitrogens with two attached hydrogens (primary N) is 2. The van der Waals surface area contributed by atoms with Crippen molar-refractivity contribution < 1.29 is 116 Å². The molecule has 1 saturated heterocycles. The van der Waals surface area contributed by atoms with Crippen LogP contribution in [-0.2, 0) is 95.7 Å². The number of primary amides is 1. The van der Waals surface area contributed by atoms with E-state index in [0.717, 1.165) is 13.8 Å². The van der Waals surface area contributed by atoms with Crippen LogP contribution in [0.5, 0.6) is 0 Å². The smallest absolute Gasteiger partial charge is 0.329 e. The number of benzene rings is 1. The summed E-state index contributed by atoms with van der Waals surface area (Å²) in [5, 5.41) is 50.7. The topological polar surface area (TPSA) is 556 Å². The zero-order valence-electron chi connectivity index (χ0n) is 51.3. The van der Waals surface area contributed by atoms with Gasteiger partial charge in [-0.2, -0.15) is 0 Å². The maximum absolute atomic E-state index is 14.6. The van der Waals surface area contributed by atoms with Gasteiger partial charge < -0.3 is 88.8 Å². The SMILES string of the molecule is CCCC[C@@H]1NC(=O)CNC(=O)[C@@H](NC(=O)[C@H](CC(=O)O)CC(=O)[C@H](N)CC(N)=O)[C@@H](C)OC(=O)[C@H](CC(=O)c2ccccc2NCC)NC(=O)[C@H]([C@H](C)CC(=O)O)CC(=O)[C@@H](CO)NC(=O)CNC(=O)[C@H](COC=O)NC(=O)[C@@H](C)NC(=O)[C@H](COC=O)CC1=O. The second-order valence-corrected chi connectivity index (χ2v) is 21.5. The van der Waals surface area contributed by atoms with Crippen molar-refractivity contribution in [3.05, 3.63) is 29.8 Å². The third kappa shape index (κ3) is 27.1. The third-order valence-electron chi connectivity index (χ3n) is 14.2. The average Bonchev–Trinajstić information content (AvgIpc) is 0.944. The molecule has 1 heterocycles. The van der Waals surface area contributed by atoms with E-state index < -0.39 is 244 Å². The highest BCUT2D eigenvalue weighted by Crippen LogP contribution is 2.24. The molecule has 1 aliphatic heterocycles. The molecule has 16 N–H and O–H groups in total. The highest BCUT2D eigenvalue weighted by atomic mass is 16.5. The maximum Gasteiger partial charge on any atom is 0.329 e. The molecule has 9 amide bonds. The second-order valence-electron chi connectivity index (χ2n) is 21.5. The lowest BCUT2D eigenvalue weighted by Gasteiger charge is -2.29. The third-order valence-corrected chi connectivity index (χ3v) is 14.2. The van der Waals surface area contributed by atoms with E-state index in [1.54, 1.807) is 19.9 Å². The van der Waals surface area contributed by atoms with E-state index in [4.69, 9.17) is 20.9 Å². The van der Waals surface area contributed by atoms with Crippen molar-refractivity contribution in [1.29, 1.82) is 0 Å². The minimum Gasteiger partial charge on any atom is -0.481 e. The number of rotatable bonds is 27. The van der Waals surface area contributed by atoms with Gasteiger partial charge in [0.1, 0.15) is 49.5 Å². The number of carbonyl (C=O) groups excluding carboxylic acids is 16. The van der Waals surface area contributed by atoms with Gasteiger partial charge in [0.15, 0.2) is 23.1 Å². The summed E-state index contributed by atoms with van der Waals surface area (Å²) in [6, 6.07) is -6.84. The number of amides is 9. The van der Waals surface area contributed by atoms with E-state index in [0.29, 0.717) is 6.42 Å². The molecule has 1 aromatic rings. The first kappa shape index (κ1) is 78.3. The Morgan fingerprint density at radius 1 is 0.707 bits per heavy atom. The number of para-hydroxylation sites is 1. The molecule has 0 saturated carbocycles. The Kier molecular flexibility index (Phi) is 34.1. The molecule has 35 nitrogen and oxygen atoms in total. The molecule has 12 atom stereocenters. The largest absolute Gasteiger partial charge is 0.481 e. The summed E-state index contributed by atoms with van der Waals surface area (Å²) >= 11 is 0. The number of Topliss-reactive ketones (excluding diaryl/α,β-unsaturated/α-hetero) is 4. The predicted octanol–water partition coefficient (Wildman–Crippen LogP) is -5.16. The van der Waals surface area contributed by atoms with Crippen LogP contribution in [0.1, 0.15) is 109 Å². The zero-order chi connectivity index (χ0) is 69.4. The van der Waals surface area contributed by atoms with Gasteiger partial charge in [0.2, 0.25) is 53.2 Å². The first-order valence-corrected chi connectivity index (χ1v) is 29.1.